The molecule has 1 atom stereocenters. The Morgan fingerprint density at radius 1 is 1.28 bits per heavy atom. The topological polar surface area (TPSA) is 51.7 Å². The number of morpholine rings is 1. The van der Waals surface area contributed by atoms with Gasteiger partial charge in [-0.1, -0.05) is 24.3 Å². The average molecular weight is 354 g/mol. The highest BCUT2D eigenvalue weighted by atomic mass is 32.1. The van der Waals surface area contributed by atoms with Gasteiger partial charge in [-0.15, -0.1) is 11.3 Å². The molecule has 1 amide bonds. The number of aromatic nitrogens is 1. The third-order valence-electron chi connectivity index (χ3n) is 4.41. The number of nitrogens with zero attached hydrogens (tertiary/aromatic N) is 2. The van der Waals surface area contributed by atoms with Gasteiger partial charge in [-0.2, -0.15) is 0 Å². The standard InChI is InChI=1S/C19H18N2O3S/c1-23-16-7-6-15(13-4-2-3-5-14(13)16)19(22)21-9-10-24-17(12-21)18-20-8-11-25-18/h2-8,11,17H,9-10,12H2,1H3. The van der Waals surface area contributed by atoms with Crippen molar-refractivity contribution in [3.05, 3.63) is 58.5 Å². The van der Waals surface area contributed by atoms with Gasteiger partial charge in [-0.3, -0.25) is 4.79 Å². The van der Waals surface area contributed by atoms with Crippen LogP contribution >= 0.6 is 11.3 Å². The van der Waals surface area contributed by atoms with Gasteiger partial charge in [0.05, 0.1) is 20.3 Å². The van der Waals surface area contributed by atoms with E-state index in [0.29, 0.717) is 25.3 Å². The van der Waals surface area contributed by atoms with Gasteiger partial charge in [0.15, 0.2) is 0 Å². The molecule has 128 valence electrons. The smallest absolute Gasteiger partial charge is 0.254 e. The predicted molar refractivity (Wildman–Crippen MR) is 97.2 cm³/mol. The normalized spacial score (nSPS) is 17.6. The molecule has 2 heterocycles. The van der Waals surface area contributed by atoms with Crippen molar-refractivity contribution in [2.45, 2.75) is 6.10 Å². The van der Waals surface area contributed by atoms with Crippen molar-refractivity contribution in [1.29, 1.82) is 0 Å². The van der Waals surface area contributed by atoms with E-state index in [0.717, 1.165) is 21.5 Å². The molecule has 0 N–H and O–H groups in total. The molecule has 5 nitrogen and oxygen atoms in total. The summed E-state index contributed by atoms with van der Waals surface area (Å²) in [5.74, 6) is 0.790. The lowest BCUT2D eigenvalue weighted by molar-refractivity contribution is -0.0228. The molecule has 1 aromatic heterocycles. The molecular formula is C19H18N2O3S. The van der Waals surface area contributed by atoms with Gasteiger partial charge in [0.1, 0.15) is 16.9 Å². The Kier molecular flexibility index (Phi) is 4.38. The van der Waals surface area contributed by atoms with Crippen LogP contribution in [0.15, 0.2) is 48.0 Å². The Labute approximate surface area is 149 Å². The molecule has 1 aliphatic heterocycles. The van der Waals surface area contributed by atoms with Gasteiger partial charge in [-0.05, 0) is 17.5 Å². The van der Waals surface area contributed by atoms with Crippen LogP contribution < -0.4 is 4.74 Å². The number of rotatable bonds is 3. The fourth-order valence-corrected chi connectivity index (χ4v) is 3.86. The van der Waals surface area contributed by atoms with Crippen LogP contribution in [-0.2, 0) is 4.74 Å². The zero-order valence-corrected chi connectivity index (χ0v) is 14.7. The highest BCUT2D eigenvalue weighted by Crippen LogP contribution is 2.30. The van der Waals surface area contributed by atoms with E-state index >= 15 is 0 Å². The molecular weight excluding hydrogens is 336 g/mol. The van der Waals surface area contributed by atoms with Crippen molar-refractivity contribution in [2.24, 2.45) is 0 Å². The molecule has 0 aliphatic carbocycles. The maximum atomic E-state index is 13.1. The Morgan fingerprint density at radius 2 is 2.12 bits per heavy atom. The molecule has 4 rings (SSSR count). The number of hydrogen-bond donors (Lipinski definition) is 0. The molecule has 2 aromatic carbocycles. The van der Waals surface area contributed by atoms with Crippen LogP contribution in [0.3, 0.4) is 0 Å². The Morgan fingerprint density at radius 3 is 2.88 bits per heavy atom. The lowest BCUT2D eigenvalue weighted by atomic mass is 10.0. The summed E-state index contributed by atoms with van der Waals surface area (Å²) >= 11 is 1.56. The summed E-state index contributed by atoms with van der Waals surface area (Å²) < 4.78 is 11.2. The molecule has 1 unspecified atom stereocenters. The van der Waals surface area contributed by atoms with Gasteiger partial charge in [-0.25, -0.2) is 4.98 Å². The van der Waals surface area contributed by atoms with Gasteiger partial charge in [0.25, 0.3) is 5.91 Å². The minimum atomic E-state index is -0.151. The molecule has 1 aliphatic rings. The zero-order valence-electron chi connectivity index (χ0n) is 13.8. The second-order valence-electron chi connectivity index (χ2n) is 5.84. The quantitative estimate of drug-likeness (QED) is 0.722. The minimum Gasteiger partial charge on any atom is -0.496 e. The first-order chi connectivity index (χ1) is 12.3. The van der Waals surface area contributed by atoms with Crippen molar-refractivity contribution in [3.8, 4) is 5.75 Å². The zero-order chi connectivity index (χ0) is 17.2. The predicted octanol–water partition coefficient (Wildman–Crippen LogP) is 3.52. The summed E-state index contributed by atoms with van der Waals surface area (Å²) in [6.07, 6.45) is 1.61. The van der Waals surface area contributed by atoms with Gasteiger partial charge in [0, 0.05) is 29.1 Å². The summed E-state index contributed by atoms with van der Waals surface area (Å²) in [4.78, 5) is 19.3. The monoisotopic (exact) mass is 354 g/mol. The average Bonchev–Trinajstić information content (AvgIpc) is 3.21. The van der Waals surface area contributed by atoms with Crippen LogP contribution in [0.1, 0.15) is 21.5 Å². The van der Waals surface area contributed by atoms with Crippen molar-refractivity contribution in [1.82, 2.24) is 9.88 Å². The van der Waals surface area contributed by atoms with E-state index in [9.17, 15) is 4.79 Å². The van der Waals surface area contributed by atoms with E-state index in [4.69, 9.17) is 9.47 Å². The first-order valence-corrected chi connectivity index (χ1v) is 9.02. The van der Waals surface area contributed by atoms with Crippen LogP contribution in [0.4, 0.5) is 0 Å². The highest BCUT2D eigenvalue weighted by molar-refractivity contribution is 7.09. The fraction of sp³-hybridized carbons (Fsp3) is 0.263. The third kappa shape index (κ3) is 2.99. The second-order valence-corrected chi connectivity index (χ2v) is 6.77. The maximum absolute atomic E-state index is 13.1. The third-order valence-corrected chi connectivity index (χ3v) is 5.28. The Hall–Kier alpha value is -2.44. The van der Waals surface area contributed by atoms with Gasteiger partial charge >= 0.3 is 0 Å². The number of fused-ring (bicyclic) bond motifs is 1. The molecule has 3 aromatic rings. The van der Waals surface area contributed by atoms with E-state index in [1.165, 1.54) is 0 Å². The number of amides is 1. The van der Waals surface area contributed by atoms with Crippen LogP contribution in [0.5, 0.6) is 5.75 Å². The van der Waals surface area contributed by atoms with Crippen LogP contribution in [0, 0.1) is 0 Å². The number of ether oxygens (including phenoxy) is 2. The van der Waals surface area contributed by atoms with Crippen molar-refractivity contribution in [2.75, 3.05) is 26.8 Å². The first-order valence-electron chi connectivity index (χ1n) is 8.14. The van der Waals surface area contributed by atoms with Crippen LogP contribution in [0.2, 0.25) is 0 Å². The maximum Gasteiger partial charge on any atom is 0.254 e. The molecule has 0 radical (unpaired) electrons. The molecule has 25 heavy (non-hydrogen) atoms. The lowest BCUT2D eigenvalue weighted by Gasteiger charge is -2.32. The SMILES string of the molecule is COc1ccc(C(=O)N2CCOC(c3nccs3)C2)c2ccccc12. The first kappa shape index (κ1) is 16.1. The molecule has 6 heteroatoms. The van der Waals surface area contributed by atoms with Crippen LogP contribution in [-0.4, -0.2) is 42.6 Å². The molecule has 0 spiro atoms. The summed E-state index contributed by atoms with van der Waals surface area (Å²) in [7, 11) is 1.64. The fourth-order valence-electron chi connectivity index (χ4n) is 3.18. The van der Waals surface area contributed by atoms with E-state index in [1.807, 2.05) is 46.7 Å². The van der Waals surface area contributed by atoms with E-state index in [2.05, 4.69) is 4.98 Å². The molecule has 1 saturated heterocycles. The van der Waals surface area contributed by atoms with Gasteiger partial charge in [0.2, 0.25) is 0 Å². The molecule has 0 bridgehead atoms. The van der Waals surface area contributed by atoms with E-state index < -0.39 is 0 Å². The van der Waals surface area contributed by atoms with Crippen molar-refractivity contribution in [3.63, 3.8) is 0 Å². The van der Waals surface area contributed by atoms with Crippen molar-refractivity contribution < 1.29 is 14.3 Å². The Balaban J connectivity index is 1.66. The van der Waals surface area contributed by atoms with Crippen LogP contribution in [0.25, 0.3) is 10.8 Å². The molecule has 1 fully saturated rings. The highest BCUT2D eigenvalue weighted by Gasteiger charge is 2.28. The lowest BCUT2D eigenvalue weighted by Crippen LogP contribution is -2.42. The number of carbonyl (C=O) groups is 1. The summed E-state index contributed by atoms with van der Waals surface area (Å²) in [6.45, 7) is 1.62. The van der Waals surface area contributed by atoms with Crippen molar-refractivity contribution >= 4 is 28.0 Å². The van der Waals surface area contributed by atoms with Gasteiger partial charge < -0.3 is 14.4 Å². The summed E-state index contributed by atoms with van der Waals surface area (Å²) in [5.41, 5.74) is 0.691. The van der Waals surface area contributed by atoms with E-state index in [1.54, 1.807) is 24.6 Å². The number of methoxy groups -OCH3 is 1. The number of benzene rings is 2. The second kappa shape index (κ2) is 6.82. The summed E-state index contributed by atoms with van der Waals surface area (Å²) in [6, 6.07) is 11.5. The summed E-state index contributed by atoms with van der Waals surface area (Å²) in [5, 5.41) is 4.69. The Bertz CT molecular complexity index is 895. The van der Waals surface area contributed by atoms with E-state index in [-0.39, 0.29) is 12.0 Å². The number of carbonyl (C=O) groups excluding carboxylic acids is 1. The minimum absolute atomic E-state index is 0.0173. The number of hydrogen-bond acceptors (Lipinski definition) is 5. The molecule has 0 saturated carbocycles. The largest absolute Gasteiger partial charge is 0.496 e. The number of thiazole rings is 1.